The van der Waals surface area contributed by atoms with Crippen LogP contribution in [0.15, 0.2) is 12.1 Å². The molecule has 0 spiro atoms. The van der Waals surface area contributed by atoms with Gasteiger partial charge < -0.3 is 15.9 Å². The predicted molar refractivity (Wildman–Crippen MR) is 90.7 cm³/mol. The number of nitrogens with two attached hydrogens (primary N) is 1. The number of benzene rings is 1. The molecule has 6 nitrogen and oxygen atoms in total. The third-order valence-electron chi connectivity index (χ3n) is 4.67. The van der Waals surface area contributed by atoms with Crippen molar-refractivity contribution >= 4 is 29.3 Å². The van der Waals surface area contributed by atoms with Crippen molar-refractivity contribution in [1.29, 1.82) is 5.41 Å². The van der Waals surface area contributed by atoms with Crippen LogP contribution in [0.3, 0.4) is 0 Å². The molecule has 0 bridgehead atoms. The number of Topliss-reactive ketones (excluding diaryl/α,β-unsaturated/α-hetero) is 3. The molecule has 0 aromatic heterocycles. The quantitative estimate of drug-likeness (QED) is 0.588. The van der Waals surface area contributed by atoms with E-state index in [1.807, 2.05) is 0 Å². The van der Waals surface area contributed by atoms with E-state index in [0.717, 1.165) is 11.8 Å². The van der Waals surface area contributed by atoms with Crippen molar-refractivity contribution in [3.05, 3.63) is 23.3 Å². The maximum absolute atomic E-state index is 12.9. The summed E-state index contributed by atoms with van der Waals surface area (Å²) in [5.41, 5.74) is 7.71. The first-order valence-corrected chi connectivity index (χ1v) is 7.94. The molecule has 0 saturated heterocycles. The number of carbonyl (C=O) groups is 3. The standard InChI is InChI=1S/C18H22N2O4/c1-10(21)12(4-3-11(22)9-19)13-5-6-15-14(17(13)23)7-8-16(20)18(15)24-2/h7-9,12-13,19H,3-6,20H2,1-2H3. The molecule has 1 aromatic carbocycles. The number of nitrogens with one attached hydrogen (secondary N) is 1. The van der Waals surface area contributed by atoms with Gasteiger partial charge in [0.25, 0.3) is 0 Å². The molecule has 1 aliphatic rings. The van der Waals surface area contributed by atoms with Crippen molar-refractivity contribution in [2.75, 3.05) is 12.8 Å². The fourth-order valence-corrected chi connectivity index (χ4v) is 3.44. The Morgan fingerprint density at radius 3 is 2.75 bits per heavy atom. The molecule has 128 valence electrons. The van der Waals surface area contributed by atoms with Crippen LogP contribution >= 0.6 is 0 Å². The first-order chi connectivity index (χ1) is 11.4. The summed E-state index contributed by atoms with van der Waals surface area (Å²) in [4.78, 5) is 36.2. The topological polar surface area (TPSA) is 110 Å². The zero-order chi connectivity index (χ0) is 17.9. The average molecular weight is 330 g/mol. The fraction of sp³-hybridized carbons (Fsp3) is 0.444. The summed E-state index contributed by atoms with van der Waals surface area (Å²) in [5.74, 6) is -0.953. The van der Waals surface area contributed by atoms with Crippen molar-refractivity contribution in [3.8, 4) is 5.75 Å². The van der Waals surface area contributed by atoms with Crippen LogP contribution in [0.4, 0.5) is 5.69 Å². The van der Waals surface area contributed by atoms with Crippen molar-refractivity contribution in [1.82, 2.24) is 0 Å². The maximum atomic E-state index is 12.9. The zero-order valence-electron chi connectivity index (χ0n) is 13.9. The van der Waals surface area contributed by atoms with Crippen molar-refractivity contribution in [3.63, 3.8) is 0 Å². The number of ketones is 3. The number of rotatable bonds is 7. The zero-order valence-corrected chi connectivity index (χ0v) is 13.9. The summed E-state index contributed by atoms with van der Waals surface area (Å²) in [6.07, 6.45) is 2.27. The van der Waals surface area contributed by atoms with Crippen LogP contribution in [0.1, 0.15) is 42.1 Å². The lowest BCUT2D eigenvalue weighted by Gasteiger charge is -2.30. The molecule has 0 amide bonds. The van der Waals surface area contributed by atoms with Gasteiger partial charge >= 0.3 is 0 Å². The summed E-state index contributed by atoms with van der Waals surface area (Å²) < 4.78 is 5.31. The summed E-state index contributed by atoms with van der Waals surface area (Å²) in [5, 5.41) is 6.95. The van der Waals surface area contributed by atoms with Gasteiger partial charge in [0.05, 0.1) is 19.0 Å². The fourth-order valence-electron chi connectivity index (χ4n) is 3.44. The third-order valence-corrected chi connectivity index (χ3v) is 4.67. The number of nitrogen functional groups attached to an aromatic ring is 1. The Morgan fingerprint density at radius 1 is 1.46 bits per heavy atom. The Balaban J connectivity index is 2.30. The van der Waals surface area contributed by atoms with Crippen LogP contribution in [-0.2, 0) is 16.0 Å². The van der Waals surface area contributed by atoms with Crippen molar-refractivity contribution < 1.29 is 19.1 Å². The predicted octanol–water partition coefficient (Wildman–Crippen LogP) is 2.23. The minimum atomic E-state index is -0.502. The molecule has 2 unspecified atom stereocenters. The van der Waals surface area contributed by atoms with Crippen LogP contribution in [0.5, 0.6) is 5.75 Å². The van der Waals surface area contributed by atoms with E-state index in [9.17, 15) is 14.4 Å². The van der Waals surface area contributed by atoms with Gasteiger partial charge in [-0.2, -0.15) is 0 Å². The minimum absolute atomic E-state index is 0.1000. The SMILES string of the molecule is COc1c(N)ccc2c1CCC(C(CCC(=O)C=N)C(C)=O)C2=O. The summed E-state index contributed by atoms with van der Waals surface area (Å²) in [6, 6.07) is 3.32. The molecule has 0 saturated carbocycles. The lowest BCUT2D eigenvalue weighted by atomic mass is 9.73. The second kappa shape index (κ2) is 7.38. The number of ether oxygens (including phenoxy) is 1. The van der Waals surface area contributed by atoms with E-state index in [4.69, 9.17) is 15.9 Å². The number of carbonyl (C=O) groups excluding carboxylic acids is 3. The number of methoxy groups -OCH3 is 1. The highest BCUT2D eigenvalue weighted by molar-refractivity contribution is 6.26. The highest BCUT2D eigenvalue weighted by atomic mass is 16.5. The molecular formula is C18H22N2O4. The van der Waals surface area contributed by atoms with E-state index in [2.05, 4.69) is 0 Å². The second-order valence-electron chi connectivity index (χ2n) is 6.09. The van der Waals surface area contributed by atoms with Crippen LogP contribution in [-0.4, -0.2) is 30.7 Å². The van der Waals surface area contributed by atoms with Gasteiger partial charge in [-0.15, -0.1) is 0 Å². The molecule has 0 heterocycles. The molecule has 2 atom stereocenters. The van der Waals surface area contributed by atoms with Gasteiger partial charge in [-0.1, -0.05) is 0 Å². The maximum Gasteiger partial charge on any atom is 0.173 e. The van der Waals surface area contributed by atoms with Crippen molar-refractivity contribution in [2.45, 2.75) is 32.6 Å². The van der Waals surface area contributed by atoms with Crippen LogP contribution in [0.2, 0.25) is 0 Å². The van der Waals surface area contributed by atoms with Crippen LogP contribution in [0, 0.1) is 17.2 Å². The number of hydrogen-bond donors (Lipinski definition) is 2. The summed E-state index contributed by atoms with van der Waals surface area (Å²) >= 11 is 0. The molecule has 0 aliphatic heterocycles. The smallest absolute Gasteiger partial charge is 0.173 e. The molecule has 2 rings (SSSR count). The number of anilines is 1. The lowest BCUT2D eigenvalue weighted by Crippen LogP contribution is -2.33. The van der Waals surface area contributed by atoms with Gasteiger partial charge in [0.2, 0.25) is 0 Å². The Bertz CT molecular complexity index is 697. The van der Waals surface area contributed by atoms with Crippen LogP contribution < -0.4 is 10.5 Å². The molecule has 3 N–H and O–H groups in total. The minimum Gasteiger partial charge on any atom is -0.494 e. The Kier molecular flexibility index (Phi) is 5.49. The highest BCUT2D eigenvalue weighted by Crippen LogP contribution is 2.39. The van der Waals surface area contributed by atoms with Crippen molar-refractivity contribution in [2.24, 2.45) is 11.8 Å². The van der Waals surface area contributed by atoms with Gasteiger partial charge in [-0.3, -0.25) is 14.4 Å². The molecule has 0 radical (unpaired) electrons. The lowest BCUT2D eigenvalue weighted by molar-refractivity contribution is -0.122. The van der Waals surface area contributed by atoms with E-state index < -0.39 is 11.8 Å². The molecular weight excluding hydrogens is 308 g/mol. The van der Waals surface area contributed by atoms with Gasteiger partial charge in [-0.25, -0.2) is 0 Å². The number of hydrogen-bond acceptors (Lipinski definition) is 6. The Morgan fingerprint density at radius 2 is 2.17 bits per heavy atom. The number of fused-ring (bicyclic) bond motifs is 1. The average Bonchev–Trinajstić information content (AvgIpc) is 2.56. The molecule has 1 aromatic rings. The Hall–Kier alpha value is -2.50. The van der Waals surface area contributed by atoms with Gasteiger partial charge in [0, 0.05) is 29.4 Å². The first kappa shape index (κ1) is 17.8. The van der Waals surface area contributed by atoms with Crippen LogP contribution in [0.25, 0.3) is 0 Å². The normalized spacial score (nSPS) is 17.8. The van der Waals surface area contributed by atoms with Gasteiger partial charge in [-0.05, 0) is 38.3 Å². The van der Waals surface area contributed by atoms with Gasteiger partial charge in [0.1, 0.15) is 11.5 Å². The second-order valence-corrected chi connectivity index (χ2v) is 6.09. The van der Waals surface area contributed by atoms with E-state index in [0.29, 0.717) is 36.3 Å². The highest BCUT2D eigenvalue weighted by Gasteiger charge is 2.37. The molecule has 1 aliphatic carbocycles. The van der Waals surface area contributed by atoms with Gasteiger partial charge in [0.15, 0.2) is 11.6 Å². The van der Waals surface area contributed by atoms with E-state index >= 15 is 0 Å². The summed E-state index contributed by atoms with van der Waals surface area (Å²) in [6.45, 7) is 1.45. The molecule has 24 heavy (non-hydrogen) atoms. The molecule has 6 heteroatoms. The third kappa shape index (κ3) is 3.37. The Labute approximate surface area is 140 Å². The summed E-state index contributed by atoms with van der Waals surface area (Å²) in [7, 11) is 1.52. The van der Waals surface area contributed by atoms with E-state index in [-0.39, 0.29) is 23.8 Å². The first-order valence-electron chi connectivity index (χ1n) is 7.94. The van der Waals surface area contributed by atoms with E-state index in [1.54, 1.807) is 12.1 Å². The monoisotopic (exact) mass is 330 g/mol. The molecule has 0 fully saturated rings. The largest absolute Gasteiger partial charge is 0.494 e. The van der Waals surface area contributed by atoms with E-state index in [1.165, 1.54) is 14.0 Å².